The van der Waals surface area contributed by atoms with Gasteiger partial charge >= 0.3 is 0 Å². The van der Waals surface area contributed by atoms with Crippen LogP contribution in [-0.4, -0.2) is 35.6 Å². The number of nitrogens with one attached hydrogen (secondary N) is 1. The number of piperazine rings is 1. The second-order valence-electron chi connectivity index (χ2n) is 7.55. The summed E-state index contributed by atoms with van der Waals surface area (Å²) in [6.07, 6.45) is 11.5. The largest absolute Gasteiger partial charge is 0.308 e. The van der Waals surface area contributed by atoms with E-state index in [1.165, 1.54) is 71.0 Å². The van der Waals surface area contributed by atoms with E-state index in [0.29, 0.717) is 11.1 Å². The van der Waals surface area contributed by atoms with Crippen LogP contribution in [0, 0.1) is 5.92 Å². The molecule has 104 valence electrons. The molecule has 1 saturated heterocycles. The Bertz CT molecular complexity index is 285. The number of hydrogen-bond donors (Lipinski definition) is 1. The molecule has 0 amide bonds. The average molecular weight is 250 g/mol. The molecule has 2 heteroatoms. The normalized spacial score (nSPS) is 30.8. The Kier molecular flexibility index (Phi) is 3.44. The van der Waals surface area contributed by atoms with Gasteiger partial charge in [-0.2, -0.15) is 0 Å². The molecule has 3 rings (SSSR count). The van der Waals surface area contributed by atoms with Crippen molar-refractivity contribution in [1.29, 1.82) is 0 Å². The molecular formula is C16H30N2. The lowest BCUT2D eigenvalue weighted by Gasteiger charge is -2.53. The Balaban J connectivity index is 1.77. The molecule has 3 fully saturated rings. The fraction of sp³-hybridized carbons (Fsp3) is 1.00. The van der Waals surface area contributed by atoms with Crippen molar-refractivity contribution in [3.63, 3.8) is 0 Å². The molecule has 0 radical (unpaired) electrons. The molecule has 2 spiro atoms. The van der Waals surface area contributed by atoms with Gasteiger partial charge in [-0.05, 0) is 31.6 Å². The third-order valence-corrected chi connectivity index (χ3v) is 5.64. The Morgan fingerprint density at radius 1 is 1.00 bits per heavy atom. The summed E-state index contributed by atoms with van der Waals surface area (Å²) in [6, 6.07) is 0. The van der Waals surface area contributed by atoms with E-state index >= 15 is 0 Å². The van der Waals surface area contributed by atoms with E-state index in [2.05, 4.69) is 24.1 Å². The van der Waals surface area contributed by atoms with E-state index < -0.39 is 0 Å². The monoisotopic (exact) mass is 250 g/mol. The highest BCUT2D eigenvalue weighted by atomic mass is 15.3. The molecule has 0 bridgehead atoms. The topological polar surface area (TPSA) is 15.3 Å². The van der Waals surface area contributed by atoms with Crippen LogP contribution in [0.3, 0.4) is 0 Å². The van der Waals surface area contributed by atoms with Crippen molar-refractivity contribution in [2.45, 2.75) is 76.3 Å². The van der Waals surface area contributed by atoms with Crippen molar-refractivity contribution >= 4 is 0 Å². The van der Waals surface area contributed by atoms with E-state index in [1.54, 1.807) is 0 Å². The van der Waals surface area contributed by atoms with Crippen molar-refractivity contribution in [2.24, 2.45) is 5.92 Å². The predicted molar refractivity (Wildman–Crippen MR) is 76.8 cm³/mol. The quantitative estimate of drug-likeness (QED) is 0.810. The molecule has 1 heterocycles. The van der Waals surface area contributed by atoms with Gasteiger partial charge in [0, 0.05) is 30.7 Å². The van der Waals surface area contributed by atoms with Gasteiger partial charge in [-0.15, -0.1) is 0 Å². The maximum absolute atomic E-state index is 3.99. The van der Waals surface area contributed by atoms with E-state index in [-0.39, 0.29) is 0 Å². The Hall–Kier alpha value is -0.0800. The van der Waals surface area contributed by atoms with Gasteiger partial charge in [-0.25, -0.2) is 0 Å². The van der Waals surface area contributed by atoms with Crippen LogP contribution in [0.15, 0.2) is 0 Å². The Morgan fingerprint density at radius 3 is 2.22 bits per heavy atom. The Labute approximate surface area is 113 Å². The van der Waals surface area contributed by atoms with Gasteiger partial charge in [0.25, 0.3) is 0 Å². The van der Waals surface area contributed by atoms with Crippen molar-refractivity contribution in [1.82, 2.24) is 10.2 Å². The molecule has 0 aromatic rings. The standard InChI is InChI=1S/C16H30N2/c1-14(2)11-18-13-15(7-3-4-8-15)17-12-16(18)9-5-6-10-16/h14,17H,3-13H2,1-2H3. The van der Waals surface area contributed by atoms with Crippen molar-refractivity contribution in [2.75, 3.05) is 19.6 Å². The summed E-state index contributed by atoms with van der Waals surface area (Å²) < 4.78 is 0. The van der Waals surface area contributed by atoms with Gasteiger partial charge in [0.15, 0.2) is 0 Å². The van der Waals surface area contributed by atoms with Crippen LogP contribution in [0.2, 0.25) is 0 Å². The average Bonchev–Trinajstić information content (AvgIpc) is 2.94. The summed E-state index contributed by atoms with van der Waals surface area (Å²) >= 11 is 0. The van der Waals surface area contributed by atoms with E-state index in [9.17, 15) is 0 Å². The smallest absolute Gasteiger partial charge is 0.0335 e. The van der Waals surface area contributed by atoms with Gasteiger partial charge in [0.05, 0.1) is 0 Å². The first kappa shape index (κ1) is 12.9. The van der Waals surface area contributed by atoms with Crippen LogP contribution < -0.4 is 5.32 Å². The van der Waals surface area contributed by atoms with Gasteiger partial charge in [-0.3, -0.25) is 4.90 Å². The summed E-state index contributed by atoms with van der Waals surface area (Å²) in [7, 11) is 0. The zero-order valence-electron chi connectivity index (χ0n) is 12.3. The minimum Gasteiger partial charge on any atom is -0.308 e. The Morgan fingerprint density at radius 2 is 1.61 bits per heavy atom. The highest BCUT2D eigenvalue weighted by Gasteiger charge is 2.49. The van der Waals surface area contributed by atoms with E-state index in [0.717, 1.165) is 5.92 Å². The summed E-state index contributed by atoms with van der Waals surface area (Å²) in [4.78, 5) is 2.90. The summed E-state index contributed by atoms with van der Waals surface area (Å²) in [5.74, 6) is 0.805. The highest BCUT2D eigenvalue weighted by molar-refractivity contribution is 5.08. The second-order valence-corrected chi connectivity index (χ2v) is 7.55. The van der Waals surface area contributed by atoms with Crippen LogP contribution in [0.25, 0.3) is 0 Å². The van der Waals surface area contributed by atoms with Crippen LogP contribution >= 0.6 is 0 Å². The van der Waals surface area contributed by atoms with Crippen LogP contribution in [-0.2, 0) is 0 Å². The molecule has 1 N–H and O–H groups in total. The van der Waals surface area contributed by atoms with E-state index in [1.807, 2.05) is 0 Å². The van der Waals surface area contributed by atoms with Gasteiger partial charge in [0.1, 0.15) is 0 Å². The number of rotatable bonds is 2. The molecule has 2 nitrogen and oxygen atoms in total. The van der Waals surface area contributed by atoms with E-state index in [4.69, 9.17) is 0 Å². The molecule has 0 aromatic carbocycles. The lowest BCUT2D eigenvalue weighted by molar-refractivity contribution is 0.00134. The maximum atomic E-state index is 3.99. The molecule has 2 saturated carbocycles. The maximum Gasteiger partial charge on any atom is 0.0335 e. The molecule has 0 unspecified atom stereocenters. The summed E-state index contributed by atoms with van der Waals surface area (Å²) in [5.41, 5.74) is 1.01. The first-order chi connectivity index (χ1) is 8.64. The second kappa shape index (κ2) is 4.79. The van der Waals surface area contributed by atoms with Crippen LogP contribution in [0.5, 0.6) is 0 Å². The highest BCUT2D eigenvalue weighted by Crippen LogP contribution is 2.42. The molecule has 0 aromatic heterocycles. The van der Waals surface area contributed by atoms with Crippen LogP contribution in [0.4, 0.5) is 0 Å². The van der Waals surface area contributed by atoms with Crippen molar-refractivity contribution in [3.8, 4) is 0 Å². The molecule has 0 atom stereocenters. The molecular weight excluding hydrogens is 220 g/mol. The fourth-order valence-corrected chi connectivity index (χ4v) is 4.66. The van der Waals surface area contributed by atoms with Gasteiger partial charge in [-0.1, -0.05) is 39.5 Å². The lowest BCUT2D eigenvalue weighted by Crippen LogP contribution is -2.68. The summed E-state index contributed by atoms with van der Waals surface area (Å²) in [5, 5.41) is 3.99. The first-order valence-electron chi connectivity index (χ1n) is 8.14. The zero-order chi connectivity index (χ0) is 12.6. The first-order valence-corrected chi connectivity index (χ1v) is 8.14. The number of nitrogens with zero attached hydrogens (tertiary/aromatic N) is 1. The minimum atomic E-state index is 0.489. The fourth-order valence-electron chi connectivity index (χ4n) is 4.66. The predicted octanol–water partition coefficient (Wildman–Crippen LogP) is 3.17. The molecule has 1 aliphatic heterocycles. The third-order valence-electron chi connectivity index (χ3n) is 5.64. The summed E-state index contributed by atoms with van der Waals surface area (Å²) in [6.45, 7) is 8.66. The molecule has 18 heavy (non-hydrogen) atoms. The molecule has 2 aliphatic carbocycles. The van der Waals surface area contributed by atoms with Crippen molar-refractivity contribution in [3.05, 3.63) is 0 Å². The third kappa shape index (κ3) is 2.22. The SMILES string of the molecule is CC(C)CN1CC2(CCCC2)NCC12CCCC2. The number of hydrogen-bond acceptors (Lipinski definition) is 2. The minimum absolute atomic E-state index is 0.489. The molecule has 3 aliphatic rings. The van der Waals surface area contributed by atoms with Crippen LogP contribution in [0.1, 0.15) is 65.2 Å². The van der Waals surface area contributed by atoms with Gasteiger partial charge < -0.3 is 5.32 Å². The lowest BCUT2D eigenvalue weighted by atomic mass is 9.84. The van der Waals surface area contributed by atoms with Crippen molar-refractivity contribution < 1.29 is 0 Å². The zero-order valence-corrected chi connectivity index (χ0v) is 12.3. The van der Waals surface area contributed by atoms with Gasteiger partial charge in [0.2, 0.25) is 0 Å².